The number of carbonyl (C=O) groups is 2. The maximum Gasteiger partial charge on any atom is 0.289 e. The lowest BCUT2D eigenvalue weighted by molar-refractivity contribution is -0.138. The van der Waals surface area contributed by atoms with Gasteiger partial charge in [-0.3, -0.25) is 14.6 Å². The van der Waals surface area contributed by atoms with E-state index in [4.69, 9.17) is 4.42 Å². The summed E-state index contributed by atoms with van der Waals surface area (Å²) in [6.45, 7) is 4.36. The molecular weight excluding hydrogens is 330 g/mol. The van der Waals surface area contributed by atoms with E-state index in [1.54, 1.807) is 23.2 Å². The molecule has 0 radical (unpaired) electrons. The van der Waals surface area contributed by atoms with Gasteiger partial charge in [-0.2, -0.15) is 0 Å². The summed E-state index contributed by atoms with van der Waals surface area (Å²) in [5, 5.41) is 0. The van der Waals surface area contributed by atoms with E-state index in [0.717, 1.165) is 37.3 Å². The van der Waals surface area contributed by atoms with Crippen molar-refractivity contribution in [2.45, 2.75) is 32.7 Å². The molecule has 0 bridgehead atoms. The molecule has 4 heterocycles. The van der Waals surface area contributed by atoms with E-state index in [1.807, 2.05) is 30.0 Å². The highest BCUT2D eigenvalue weighted by Crippen LogP contribution is 2.42. The first-order valence-corrected chi connectivity index (χ1v) is 9.12. The maximum absolute atomic E-state index is 13.0. The number of carbonyl (C=O) groups excluding carboxylic acids is 2. The van der Waals surface area contributed by atoms with Crippen LogP contribution in [0.4, 0.5) is 0 Å². The summed E-state index contributed by atoms with van der Waals surface area (Å²) in [6, 6.07) is 9.29. The van der Waals surface area contributed by atoms with Crippen LogP contribution >= 0.6 is 0 Å². The third-order valence-corrected chi connectivity index (χ3v) is 5.64. The number of aryl methyl sites for hydroxylation is 1. The summed E-state index contributed by atoms with van der Waals surface area (Å²) < 4.78 is 5.45. The van der Waals surface area contributed by atoms with Crippen LogP contribution in [0.15, 0.2) is 40.9 Å². The van der Waals surface area contributed by atoms with Gasteiger partial charge in [0, 0.05) is 25.8 Å². The highest BCUT2D eigenvalue weighted by Gasteiger charge is 2.48. The third kappa shape index (κ3) is 3.00. The largest absolute Gasteiger partial charge is 0.456 e. The number of hydrogen-bond donors (Lipinski definition) is 0. The zero-order valence-corrected chi connectivity index (χ0v) is 15.0. The van der Waals surface area contributed by atoms with Crippen molar-refractivity contribution < 1.29 is 14.0 Å². The van der Waals surface area contributed by atoms with Crippen molar-refractivity contribution in [1.82, 2.24) is 14.8 Å². The van der Waals surface area contributed by atoms with E-state index in [9.17, 15) is 9.59 Å². The number of rotatable bonds is 3. The second-order valence-electron chi connectivity index (χ2n) is 7.28. The minimum absolute atomic E-state index is 0.0799. The van der Waals surface area contributed by atoms with Crippen LogP contribution in [-0.2, 0) is 11.3 Å². The normalized spacial score (nSPS) is 19.3. The van der Waals surface area contributed by atoms with Crippen LogP contribution in [0.3, 0.4) is 0 Å². The zero-order chi connectivity index (χ0) is 18.1. The van der Waals surface area contributed by atoms with Gasteiger partial charge in [-0.05, 0) is 50.5 Å². The molecule has 2 aliphatic rings. The molecule has 2 fully saturated rings. The number of amides is 2. The average Bonchev–Trinajstić information content (AvgIpc) is 3.22. The standard InChI is InChI=1S/C20H23N3O3/c1-15-5-6-17(26-15)18(24)22-11-7-20(8-12-22)9-13-23(19(20)25)14-16-4-2-3-10-21-16/h2-6,10H,7-9,11-14H2,1H3. The fraction of sp³-hybridized carbons (Fsp3) is 0.450. The van der Waals surface area contributed by atoms with Crippen molar-refractivity contribution in [1.29, 1.82) is 0 Å². The van der Waals surface area contributed by atoms with Crippen molar-refractivity contribution in [2.75, 3.05) is 19.6 Å². The van der Waals surface area contributed by atoms with Gasteiger partial charge in [-0.25, -0.2) is 0 Å². The van der Waals surface area contributed by atoms with Crippen LogP contribution in [0.1, 0.15) is 41.3 Å². The molecule has 0 atom stereocenters. The van der Waals surface area contributed by atoms with Gasteiger partial charge in [0.25, 0.3) is 5.91 Å². The molecule has 6 nitrogen and oxygen atoms in total. The molecule has 1 spiro atoms. The molecule has 2 aliphatic heterocycles. The van der Waals surface area contributed by atoms with E-state index < -0.39 is 0 Å². The van der Waals surface area contributed by atoms with Gasteiger partial charge in [0.15, 0.2) is 5.76 Å². The Labute approximate surface area is 152 Å². The average molecular weight is 353 g/mol. The lowest BCUT2D eigenvalue weighted by atomic mass is 9.77. The second-order valence-corrected chi connectivity index (χ2v) is 7.28. The topological polar surface area (TPSA) is 66.7 Å². The number of aromatic nitrogens is 1. The summed E-state index contributed by atoms with van der Waals surface area (Å²) in [5.41, 5.74) is 0.601. The van der Waals surface area contributed by atoms with Gasteiger partial charge in [-0.15, -0.1) is 0 Å². The summed E-state index contributed by atoms with van der Waals surface area (Å²) >= 11 is 0. The van der Waals surface area contributed by atoms with Crippen molar-refractivity contribution in [3.63, 3.8) is 0 Å². The first-order chi connectivity index (χ1) is 12.6. The van der Waals surface area contributed by atoms with E-state index in [2.05, 4.69) is 4.98 Å². The molecule has 2 aromatic heterocycles. The Morgan fingerprint density at radius 3 is 2.58 bits per heavy atom. The number of pyridine rings is 1. The molecule has 2 saturated heterocycles. The van der Waals surface area contributed by atoms with Gasteiger partial charge in [0.2, 0.25) is 5.91 Å². The smallest absolute Gasteiger partial charge is 0.289 e. The lowest BCUT2D eigenvalue weighted by Gasteiger charge is -2.37. The first kappa shape index (κ1) is 16.8. The Morgan fingerprint density at radius 1 is 1.15 bits per heavy atom. The molecule has 0 saturated carbocycles. The molecule has 0 N–H and O–H groups in total. The van der Waals surface area contributed by atoms with Crippen LogP contribution < -0.4 is 0 Å². The van der Waals surface area contributed by atoms with Crippen LogP contribution in [0.25, 0.3) is 0 Å². The molecule has 136 valence electrons. The van der Waals surface area contributed by atoms with E-state index >= 15 is 0 Å². The third-order valence-electron chi connectivity index (χ3n) is 5.64. The Bertz CT molecular complexity index is 807. The minimum Gasteiger partial charge on any atom is -0.456 e. The van der Waals surface area contributed by atoms with Crippen molar-refractivity contribution >= 4 is 11.8 Å². The Balaban J connectivity index is 1.39. The van der Waals surface area contributed by atoms with Crippen LogP contribution in [0.5, 0.6) is 0 Å². The van der Waals surface area contributed by atoms with Crippen molar-refractivity contribution in [3.05, 3.63) is 53.7 Å². The summed E-state index contributed by atoms with van der Waals surface area (Å²) in [5.74, 6) is 1.25. The van der Waals surface area contributed by atoms with Gasteiger partial charge in [-0.1, -0.05) is 6.07 Å². The first-order valence-electron chi connectivity index (χ1n) is 9.12. The second kappa shape index (κ2) is 6.59. The molecule has 4 rings (SSSR count). The maximum atomic E-state index is 13.0. The van der Waals surface area contributed by atoms with Crippen LogP contribution in [-0.4, -0.2) is 46.2 Å². The molecule has 0 unspecified atom stereocenters. The quantitative estimate of drug-likeness (QED) is 0.851. The molecule has 2 aromatic rings. The number of likely N-dealkylation sites (tertiary alicyclic amines) is 2. The molecular formula is C20H23N3O3. The van der Waals surface area contributed by atoms with Crippen molar-refractivity contribution in [3.8, 4) is 0 Å². The highest BCUT2D eigenvalue weighted by molar-refractivity contribution is 5.92. The Hall–Kier alpha value is -2.63. The number of piperidine rings is 1. The van der Waals surface area contributed by atoms with Crippen LogP contribution in [0.2, 0.25) is 0 Å². The molecule has 0 aliphatic carbocycles. The van der Waals surface area contributed by atoms with Crippen molar-refractivity contribution in [2.24, 2.45) is 5.41 Å². The predicted octanol–water partition coefficient (Wildman–Crippen LogP) is 2.64. The molecule has 26 heavy (non-hydrogen) atoms. The van der Waals surface area contributed by atoms with Gasteiger partial charge in [0.05, 0.1) is 17.7 Å². The molecule has 2 amide bonds. The SMILES string of the molecule is Cc1ccc(C(=O)N2CCC3(CC2)CCN(Cc2ccccn2)C3=O)o1. The van der Waals surface area contributed by atoms with E-state index in [1.165, 1.54) is 0 Å². The number of furan rings is 1. The highest BCUT2D eigenvalue weighted by atomic mass is 16.3. The van der Waals surface area contributed by atoms with Crippen LogP contribution in [0, 0.1) is 12.3 Å². The van der Waals surface area contributed by atoms with Gasteiger partial charge < -0.3 is 14.2 Å². The predicted molar refractivity (Wildman–Crippen MR) is 95.3 cm³/mol. The summed E-state index contributed by atoms with van der Waals surface area (Å²) in [6.07, 6.45) is 4.05. The van der Waals surface area contributed by atoms with E-state index in [0.29, 0.717) is 25.4 Å². The van der Waals surface area contributed by atoms with E-state index in [-0.39, 0.29) is 17.2 Å². The lowest BCUT2D eigenvalue weighted by Crippen LogP contribution is -2.46. The molecule has 6 heteroatoms. The Morgan fingerprint density at radius 2 is 1.92 bits per heavy atom. The number of hydrogen-bond acceptors (Lipinski definition) is 4. The molecule has 0 aromatic carbocycles. The van der Waals surface area contributed by atoms with Gasteiger partial charge >= 0.3 is 0 Å². The zero-order valence-electron chi connectivity index (χ0n) is 15.0. The van der Waals surface area contributed by atoms with Gasteiger partial charge in [0.1, 0.15) is 5.76 Å². The summed E-state index contributed by atoms with van der Waals surface area (Å²) in [4.78, 5) is 33.6. The minimum atomic E-state index is -0.315. The fourth-order valence-corrected chi connectivity index (χ4v) is 4.04. The number of nitrogens with zero attached hydrogens (tertiary/aromatic N) is 3. The Kier molecular flexibility index (Phi) is 4.26. The fourth-order valence-electron chi connectivity index (χ4n) is 4.04. The summed E-state index contributed by atoms with van der Waals surface area (Å²) in [7, 11) is 0. The monoisotopic (exact) mass is 353 g/mol.